The minimum absolute atomic E-state index is 0. The molecule has 1 heterocycles. The van der Waals surface area contributed by atoms with Crippen LogP contribution in [0.2, 0.25) is 0 Å². The highest BCUT2D eigenvalue weighted by molar-refractivity contribution is 7.17. The van der Waals surface area contributed by atoms with Gasteiger partial charge in [-0.2, -0.15) is 0 Å². The first-order valence-corrected chi connectivity index (χ1v) is 8.57. The van der Waals surface area contributed by atoms with Gasteiger partial charge in [0.15, 0.2) is 0 Å². The molecule has 3 aromatic rings. The van der Waals surface area contributed by atoms with Crippen molar-refractivity contribution in [2.75, 3.05) is 23.0 Å². The predicted molar refractivity (Wildman–Crippen MR) is 115 cm³/mol. The van der Waals surface area contributed by atoms with Gasteiger partial charge in [-0.3, -0.25) is 5.32 Å². The summed E-state index contributed by atoms with van der Waals surface area (Å²) >= 11 is 1.74. The summed E-state index contributed by atoms with van der Waals surface area (Å²) in [6, 6.07) is 13.8. The number of ether oxygens (including phenoxy) is 1. The molecule has 26 heavy (non-hydrogen) atoms. The van der Waals surface area contributed by atoms with Crippen molar-refractivity contribution in [3.63, 3.8) is 0 Å². The first kappa shape index (κ1) is 21.9. The number of fused-ring (bicyclic) bond motifs is 1. The molecule has 2 aromatic carbocycles. The molecule has 0 spiro atoms. The zero-order chi connectivity index (χ0) is 16.9. The Hall–Kier alpha value is -2.15. The van der Waals surface area contributed by atoms with Gasteiger partial charge in [0.25, 0.3) is 0 Å². The fourth-order valence-electron chi connectivity index (χ4n) is 2.43. The van der Waals surface area contributed by atoms with E-state index in [1.165, 1.54) is 15.6 Å². The smallest absolute Gasteiger partial charge is 0.411 e. The Bertz CT molecular complexity index is 871. The number of halogens is 2. The van der Waals surface area contributed by atoms with Crippen molar-refractivity contribution in [3.05, 3.63) is 53.4 Å². The van der Waals surface area contributed by atoms with Crippen molar-refractivity contribution in [1.29, 1.82) is 0 Å². The third kappa shape index (κ3) is 5.17. The van der Waals surface area contributed by atoms with Crippen molar-refractivity contribution in [3.8, 4) is 0 Å². The van der Waals surface area contributed by atoms with E-state index in [2.05, 4.69) is 28.1 Å². The zero-order valence-electron chi connectivity index (χ0n) is 14.2. The predicted octanol–water partition coefficient (Wildman–Crippen LogP) is 5.51. The van der Waals surface area contributed by atoms with Gasteiger partial charge in [-0.25, -0.2) is 4.79 Å². The topological polar surface area (TPSA) is 76.4 Å². The number of thiophene rings is 1. The first-order valence-electron chi connectivity index (χ1n) is 7.69. The molecule has 0 atom stereocenters. The lowest BCUT2D eigenvalue weighted by atomic mass is 10.1. The van der Waals surface area contributed by atoms with Crippen LogP contribution >= 0.6 is 36.2 Å². The van der Waals surface area contributed by atoms with Crippen molar-refractivity contribution in [2.45, 2.75) is 13.5 Å². The lowest BCUT2D eigenvalue weighted by Gasteiger charge is -2.11. The largest absolute Gasteiger partial charge is 0.450 e. The molecule has 5 nitrogen and oxygen atoms in total. The Labute approximate surface area is 168 Å². The van der Waals surface area contributed by atoms with E-state index in [0.29, 0.717) is 24.5 Å². The molecule has 0 aliphatic carbocycles. The van der Waals surface area contributed by atoms with Crippen molar-refractivity contribution in [2.24, 2.45) is 0 Å². The van der Waals surface area contributed by atoms with Crippen LogP contribution in [0.3, 0.4) is 0 Å². The number of rotatable bonds is 5. The average Bonchev–Trinajstić information content (AvgIpc) is 2.99. The van der Waals surface area contributed by atoms with E-state index in [4.69, 9.17) is 10.5 Å². The maximum Gasteiger partial charge on any atom is 0.411 e. The molecule has 0 fully saturated rings. The van der Waals surface area contributed by atoms with E-state index >= 15 is 0 Å². The summed E-state index contributed by atoms with van der Waals surface area (Å²) in [5.41, 5.74) is 9.18. The first-order chi connectivity index (χ1) is 11.7. The Morgan fingerprint density at radius 2 is 1.96 bits per heavy atom. The number of amides is 1. The molecular weight excluding hydrogens is 393 g/mol. The molecule has 1 aromatic heterocycles. The number of hydrogen-bond donors (Lipinski definition) is 3. The number of nitrogens with two attached hydrogens (primary N) is 1. The summed E-state index contributed by atoms with van der Waals surface area (Å²) in [6.45, 7) is 2.79. The van der Waals surface area contributed by atoms with Gasteiger partial charge in [0, 0.05) is 16.9 Å². The lowest BCUT2D eigenvalue weighted by molar-refractivity contribution is 0.168. The van der Waals surface area contributed by atoms with Gasteiger partial charge in [0.05, 0.1) is 18.0 Å². The molecule has 1 amide bonds. The monoisotopic (exact) mass is 413 g/mol. The van der Waals surface area contributed by atoms with Crippen molar-refractivity contribution < 1.29 is 9.53 Å². The number of carbonyl (C=O) groups is 1. The standard InChI is InChI=1S/C18H19N3O2S.2ClH/c1-2-23-18(22)21-16-8-7-13(9-15(16)19)20-10-12-11-24-17-6-4-3-5-14(12)17;;/h3-9,11,20H,2,10,19H2,1H3,(H,21,22);2*1H. The minimum atomic E-state index is -0.505. The third-order valence-electron chi connectivity index (χ3n) is 3.61. The van der Waals surface area contributed by atoms with Crippen LogP contribution in [0.1, 0.15) is 12.5 Å². The maximum atomic E-state index is 11.5. The summed E-state index contributed by atoms with van der Waals surface area (Å²) < 4.78 is 6.13. The van der Waals surface area contributed by atoms with E-state index in [9.17, 15) is 4.79 Å². The van der Waals surface area contributed by atoms with Crippen LogP contribution in [0.15, 0.2) is 47.8 Å². The number of benzene rings is 2. The van der Waals surface area contributed by atoms with E-state index in [1.54, 1.807) is 30.4 Å². The fraction of sp³-hybridized carbons (Fsp3) is 0.167. The third-order valence-corrected chi connectivity index (χ3v) is 4.62. The molecule has 140 valence electrons. The van der Waals surface area contributed by atoms with Crippen LogP contribution in [-0.4, -0.2) is 12.7 Å². The highest BCUT2D eigenvalue weighted by Crippen LogP contribution is 2.27. The molecule has 0 aliphatic rings. The molecule has 0 unspecified atom stereocenters. The summed E-state index contributed by atoms with van der Waals surface area (Å²) in [5.74, 6) is 0. The van der Waals surface area contributed by atoms with Crippen LogP contribution in [0.4, 0.5) is 21.9 Å². The quantitative estimate of drug-likeness (QED) is 0.482. The molecular formula is C18H21Cl2N3O2S. The number of carbonyl (C=O) groups excluding carboxylic acids is 1. The van der Waals surface area contributed by atoms with Crippen LogP contribution in [0.5, 0.6) is 0 Å². The van der Waals surface area contributed by atoms with Crippen LogP contribution in [0.25, 0.3) is 10.1 Å². The van der Waals surface area contributed by atoms with E-state index in [-0.39, 0.29) is 24.8 Å². The summed E-state index contributed by atoms with van der Waals surface area (Å²) in [5, 5.41) is 9.42. The number of anilines is 3. The molecule has 0 bridgehead atoms. The molecule has 0 saturated heterocycles. The molecule has 0 aliphatic heterocycles. The molecule has 0 saturated carbocycles. The van der Waals surface area contributed by atoms with E-state index < -0.39 is 6.09 Å². The zero-order valence-corrected chi connectivity index (χ0v) is 16.6. The maximum absolute atomic E-state index is 11.5. The second-order valence-electron chi connectivity index (χ2n) is 5.26. The molecule has 8 heteroatoms. The Balaban J connectivity index is 0.00000169. The van der Waals surface area contributed by atoms with Crippen molar-refractivity contribution >= 4 is 69.4 Å². The second kappa shape index (κ2) is 10.1. The van der Waals surface area contributed by atoms with Gasteiger partial charge in [-0.15, -0.1) is 36.2 Å². The van der Waals surface area contributed by atoms with Crippen LogP contribution in [0, 0.1) is 0 Å². The van der Waals surface area contributed by atoms with Crippen molar-refractivity contribution in [1.82, 2.24) is 0 Å². The van der Waals surface area contributed by atoms with Gasteiger partial charge in [0.1, 0.15) is 0 Å². The van der Waals surface area contributed by atoms with Gasteiger partial charge >= 0.3 is 6.09 Å². The fourth-order valence-corrected chi connectivity index (χ4v) is 3.39. The normalized spacial score (nSPS) is 9.73. The molecule has 0 radical (unpaired) electrons. The van der Waals surface area contributed by atoms with Crippen LogP contribution < -0.4 is 16.4 Å². The number of nitrogen functional groups attached to an aromatic ring is 1. The molecule has 4 N–H and O–H groups in total. The van der Waals surface area contributed by atoms with Gasteiger partial charge in [-0.1, -0.05) is 18.2 Å². The van der Waals surface area contributed by atoms with Crippen LogP contribution in [-0.2, 0) is 11.3 Å². The van der Waals surface area contributed by atoms with Gasteiger partial charge in [0.2, 0.25) is 0 Å². The number of hydrogen-bond acceptors (Lipinski definition) is 5. The summed E-state index contributed by atoms with van der Waals surface area (Å²) in [6.07, 6.45) is -0.505. The Kier molecular flexibility index (Phi) is 8.51. The van der Waals surface area contributed by atoms with Gasteiger partial charge in [-0.05, 0) is 47.5 Å². The highest BCUT2D eigenvalue weighted by atomic mass is 35.5. The minimum Gasteiger partial charge on any atom is -0.450 e. The van der Waals surface area contributed by atoms with E-state index in [1.807, 2.05) is 18.2 Å². The SMILES string of the molecule is CCOC(=O)Nc1ccc(NCc2csc3ccccc23)cc1N.Cl.Cl. The number of nitrogens with one attached hydrogen (secondary N) is 2. The second-order valence-corrected chi connectivity index (χ2v) is 6.17. The summed E-state index contributed by atoms with van der Waals surface area (Å²) in [7, 11) is 0. The van der Waals surface area contributed by atoms with Gasteiger partial charge < -0.3 is 15.8 Å². The lowest BCUT2D eigenvalue weighted by Crippen LogP contribution is -2.14. The Morgan fingerprint density at radius 1 is 1.19 bits per heavy atom. The highest BCUT2D eigenvalue weighted by Gasteiger charge is 2.07. The summed E-state index contributed by atoms with van der Waals surface area (Å²) in [4.78, 5) is 11.5. The Morgan fingerprint density at radius 3 is 2.69 bits per heavy atom. The average molecular weight is 414 g/mol. The molecule has 3 rings (SSSR count). The van der Waals surface area contributed by atoms with E-state index in [0.717, 1.165) is 5.69 Å².